The van der Waals surface area contributed by atoms with Gasteiger partial charge >= 0.3 is 0 Å². The lowest BCUT2D eigenvalue weighted by atomic mass is 9.75. The van der Waals surface area contributed by atoms with E-state index in [0.29, 0.717) is 11.5 Å². The fourth-order valence-electron chi connectivity index (χ4n) is 4.16. The highest BCUT2D eigenvalue weighted by atomic mass is 16.3. The van der Waals surface area contributed by atoms with Crippen molar-refractivity contribution in [3.63, 3.8) is 0 Å². The van der Waals surface area contributed by atoms with Crippen molar-refractivity contribution in [3.8, 4) is 11.5 Å². The fraction of sp³-hybridized carbons (Fsp3) is 0.556. The Bertz CT molecular complexity index is 803. The molecule has 0 saturated carbocycles. The van der Waals surface area contributed by atoms with E-state index in [2.05, 4.69) is 86.6 Å². The summed E-state index contributed by atoms with van der Waals surface area (Å²) in [5.41, 5.74) is 5.92. The van der Waals surface area contributed by atoms with Gasteiger partial charge in [-0.2, -0.15) is 0 Å². The largest absolute Gasteiger partial charge is 0.507 e. The maximum atomic E-state index is 11.3. The maximum absolute atomic E-state index is 11.3. The van der Waals surface area contributed by atoms with Gasteiger partial charge in [-0.1, -0.05) is 83.9 Å². The van der Waals surface area contributed by atoms with Gasteiger partial charge < -0.3 is 10.2 Å². The minimum atomic E-state index is -0.104. The lowest BCUT2D eigenvalue weighted by Gasteiger charge is -2.30. The highest BCUT2D eigenvalue weighted by Gasteiger charge is 2.30. The molecule has 0 atom stereocenters. The predicted molar refractivity (Wildman–Crippen MR) is 124 cm³/mol. The fourth-order valence-corrected chi connectivity index (χ4v) is 4.16. The molecule has 2 aromatic rings. The molecular formula is C27H40O2. The number of phenolic OH excluding ortho intramolecular Hbond substituents is 2. The summed E-state index contributed by atoms with van der Waals surface area (Å²) in [4.78, 5) is 0. The number of benzene rings is 2. The van der Waals surface area contributed by atoms with E-state index >= 15 is 0 Å². The standard InChI is InChI=1S/C27H40O2/c1-10-19(20-13-17(4)15-22(24(20)28)26(6,7)11-2)21-14-18(5)16-23(25(21)29)27(8,9)12-3/h13-16,19,28-29H,10-12H2,1-9H3. The van der Waals surface area contributed by atoms with Crippen molar-refractivity contribution in [1.82, 2.24) is 0 Å². The second kappa shape index (κ2) is 8.42. The maximum Gasteiger partial charge on any atom is 0.123 e. The summed E-state index contributed by atoms with van der Waals surface area (Å²) < 4.78 is 0. The minimum Gasteiger partial charge on any atom is -0.507 e. The number of aromatic hydroxyl groups is 2. The van der Waals surface area contributed by atoms with Gasteiger partial charge in [0.2, 0.25) is 0 Å². The van der Waals surface area contributed by atoms with E-state index in [1.807, 2.05) is 0 Å². The van der Waals surface area contributed by atoms with E-state index < -0.39 is 0 Å². The lowest BCUT2D eigenvalue weighted by molar-refractivity contribution is 0.412. The Morgan fingerprint density at radius 3 is 1.31 bits per heavy atom. The molecule has 2 N–H and O–H groups in total. The molecule has 0 aliphatic heterocycles. The molecule has 160 valence electrons. The van der Waals surface area contributed by atoms with Crippen molar-refractivity contribution in [2.45, 2.75) is 98.3 Å². The van der Waals surface area contributed by atoms with Crippen LogP contribution in [-0.4, -0.2) is 10.2 Å². The van der Waals surface area contributed by atoms with Gasteiger partial charge in [0.15, 0.2) is 0 Å². The Balaban J connectivity index is 2.77. The van der Waals surface area contributed by atoms with Crippen LogP contribution in [0.15, 0.2) is 24.3 Å². The quantitative estimate of drug-likeness (QED) is 0.505. The van der Waals surface area contributed by atoms with Gasteiger partial charge in [-0.3, -0.25) is 0 Å². The first kappa shape index (κ1) is 23.3. The van der Waals surface area contributed by atoms with Crippen LogP contribution in [0.5, 0.6) is 11.5 Å². The highest BCUT2D eigenvalue weighted by molar-refractivity contribution is 5.56. The third kappa shape index (κ3) is 4.47. The Morgan fingerprint density at radius 1 is 0.690 bits per heavy atom. The molecule has 0 radical (unpaired) electrons. The zero-order chi connectivity index (χ0) is 22.1. The van der Waals surface area contributed by atoms with Crippen molar-refractivity contribution >= 4 is 0 Å². The van der Waals surface area contributed by atoms with Crippen molar-refractivity contribution in [1.29, 1.82) is 0 Å². The Morgan fingerprint density at radius 2 is 1.03 bits per heavy atom. The molecule has 2 nitrogen and oxygen atoms in total. The van der Waals surface area contributed by atoms with E-state index in [1.54, 1.807) is 0 Å². The monoisotopic (exact) mass is 396 g/mol. The van der Waals surface area contributed by atoms with Crippen LogP contribution in [0.25, 0.3) is 0 Å². The molecule has 0 heterocycles. The van der Waals surface area contributed by atoms with E-state index in [4.69, 9.17) is 0 Å². The van der Waals surface area contributed by atoms with Gasteiger partial charge in [0, 0.05) is 28.2 Å². The third-order valence-corrected chi connectivity index (χ3v) is 6.95. The van der Waals surface area contributed by atoms with Crippen molar-refractivity contribution < 1.29 is 10.2 Å². The van der Waals surface area contributed by atoms with Crippen LogP contribution in [0, 0.1) is 13.8 Å². The molecule has 0 aromatic heterocycles. The van der Waals surface area contributed by atoms with Crippen LogP contribution in [0.1, 0.15) is 107 Å². The second-order valence-corrected chi connectivity index (χ2v) is 9.94. The molecule has 0 bridgehead atoms. The number of rotatable bonds is 7. The normalized spacial score (nSPS) is 12.6. The molecule has 0 aliphatic carbocycles. The van der Waals surface area contributed by atoms with Crippen molar-refractivity contribution in [2.75, 3.05) is 0 Å². The molecule has 0 amide bonds. The van der Waals surface area contributed by atoms with Crippen LogP contribution in [0.2, 0.25) is 0 Å². The number of hydrogen-bond acceptors (Lipinski definition) is 2. The third-order valence-electron chi connectivity index (χ3n) is 6.95. The Kier molecular flexibility index (Phi) is 6.77. The van der Waals surface area contributed by atoms with Crippen LogP contribution in [0.3, 0.4) is 0 Å². The van der Waals surface area contributed by atoms with E-state index in [-0.39, 0.29) is 16.7 Å². The lowest BCUT2D eigenvalue weighted by Crippen LogP contribution is -2.18. The van der Waals surface area contributed by atoms with Gasteiger partial charge in [0.1, 0.15) is 11.5 Å². The average molecular weight is 397 g/mol. The molecule has 2 rings (SSSR count). The Hall–Kier alpha value is -1.96. The summed E-state index contributed by atoms with van der Waals surface area (Å²) in [5, 5.41) is 22.6. The summed E-state index contributed by atoms with van der Waals surface area (Å²) in [6, 6.07) is 8.39. The number of hydrogen-bond donors (Lipinski definition) is 2. The first-order valence-corrected chi connectivity index (χ1v) is 11.1. The minimum absolute atomic E-state index is 0.0485. The Labute approximate surface area is 178 Å². The zero-order valence-corrected chi connectivity index (χ0v) is 19.9. The van der Waals surface area contributed by atoms with Crippen molar-refractivity contribution in [2.24, 2.45) is 0 Å². The van der Waals surface area contributed by atoms with E-state index in [0.717, 1.165) is 52.6 Å². The molecule has 0 unspecified atom stereocenters. The highest BCUT2D eigenvalue weighted by Crippen LogP contribution is 2.46. The van der Waals surface area contributed by atoms with Gasteiger partial charge in [0.25, 0.3) is 0 Å². The van der Waals surface area contributed by atoms with Gasteiger partial charge in [-0.25, -0.2) is 0 Å². The van der Waals surface area contributed by atoms with Crippen LogP contribution >= 0.6 is 0 Å². The second-order valence-electron chi connectivity index (χ2n) is 9.94. The van der Waals surface area contributed by atoms with Gasteiger partial charge in [0.05, 0.1) is 0 Å². The molecular weight excluding hydrogens is 356 g/mol. The summed E-state index contributed by atoms with van der Waals surface area (Å²) >= 11 is 0. The molecule has 0 spiro atoms. The van der Waals surface area contributed by atoms with Crippen LogP contribution in [-0.2, 0) is 10.8 Å². The SMILES string of the molecule is CCC(c1cc(C)cc(C(C)(C)CC)c1O)c1cc(C)cc(C(C)(C)CC)c1O. The van der Waals surface area contributed by atoms with E-state index in [9.17, 15) is 10.2 Å². The molecule has 29 heavy (non-hydrogen) atoms. The first-order chi connectivity index (χ1) is 13.4. The van der Waals surface area contributed by atoms with Crippen LogP contribution < -0.4 is 0 Å². The summed E-state index contributed by atoms with van der Waals surface area (Å²) in [6.07, 6.45) is 2.71. The number of phenols is 2. The molecule has 2 heteroatoms. The first-order valence-electron chi connectivity index (χ1n) is 11.1. The summed E-state index contributed by atoms with van der Waals surface area (Å²) in [7, 11) is 0. The summed E-state index contributed by atoms with van der Waals surface area (Å²) in [6.45, 7) is 19.3. The van der Waals surface area contributed by atoms with Crippen molar-refractivity contribution in [3.05, 3.63) is 57.6 Å². The smallest absolute Gasteiger partial charge is 0.123 e. The van der Waals surface area contributed by atoms with E-state index in [1.165, 1.54) is 0 Å². The van der Waals surface area contributed by atoms with Crippen LogP contribution in [0.4, 0.5) is 0 Å². The number of aryl methyl sites for hydroxylation is 2. The average Bonchev–Trinajstić information content (AvgIpc) is 2.66. The predicted octanol–water partition coefficient (Wildman–Crippen LogP) is 7.63. The van der Waals surface area contributed by atoms with Gasteiger partial charge in [-0.05, 0) is 43.9 Å². The topological polar surface area (TPSA) is 40.5 Å². The molecule has 2 aromatic carbocycles. The molecule has 0 aliphatic rings. The molecule has 0 fully saturated rings. The molecule has 0 saturated heterocycles. The summed E-state index contributed by atoms with van der Waals surface area (Å²) in [5.74, 6) is 0.714. The van der Waals surface area contributed by atoms with Gasteiger partial charge in [-0.15, -0.1) is 0 Å². The zero-order valence-electron chi connectivity index (χ0n) is 19.9.